The number of thiocarbonyl (C=S) groups is 1. The van der Waals surface area contributed by atoms with Crippen LogP contribution in [0.3, 0.4) is 0 Å². The minimum absolute atomic E-state index is 0.652. The molecule has 76 valence electrons. The van der Waals surface area contributed by atoms with E-state index in [1.807, 2.05) is 0 Å². The zero-order valence-corrected chi connectivity index (χ0v) is 9.28. The molecule has 1 heterocycles. The van der Waals surface area contributed by atoms with Crippen molar-refractivity contribution >= 4 is 17.2 Å². The molecule has 0 spiro atoms. The summed E-state index contributed by atoms with van der Waals surface area (Å²) in [6, 6.07) is 0. The lowest BCUT2D eigenvalue weighted by Gasteiger charge is -2.32. The standard InChI is InChI=1S/C10H20N2S/c1-2-9-4-3-6-12(8-9)7-5-10(11)13/h9H,2-8H2,1H3,(H2,11,13). The Bertz CT molecular complexity index is 170. The Labute approximate surface area is 86.5 Å². The molecular formula is C10H20N2S. The monoisotopic (exact) mass is 200 g/mol. The molecule has 1 aliphatic rings. The summed E-state index contributed by atoms with van der Waals surface area (Å²) in [6.07, 6.45) is 4.94. The number of nitrogens with two attached hydrogens (primary N) is 1. The lowest BCUT2D eigenvalue weighted by Crippen LogP contribution is -2.36. The van der Waals surface area contributed by atoms with Crippen LogP contribution in [0.4, 0.5) is 0 Å². The van der Waals surface area contributed by atoms with Crippen LogP contribution in [0.2, 0.25) is 0 Å². The maximum Gasteiger partial charge on any atom is 0.0740 e. The third-order valence-electron chi connectivity index (χ3n) is 2.85. The van der Waals surface area contributed by atoms with Crippen LogP contribution in [0.5, 0.6) is 0 Å². The molecular weight excluding hydrogens is 180 g/mol. The van der Waals surface area contributed by atoms with Gasteiger partial charge in [-0.25, -0.2) is 0 Å². The second-order valence-electron chi connectivity index (χ2n) is 3.93. The first-order chi connectivity index (χ1) is 6.22. The molecule has 2 nitrogen and oxygen atoms in total. The Morgan fingerprint density at radius 2 is 2.38 bits per heavy atom. The summed E-state index contributed by atoms with van der Waals surface area (Å²) in [5, 5.41) is 0. The van der Waals surface area contributed by atoms with E-state index in [0.29, 0.717) is 4.99 Å². The highest BCUT2D eigenvalue weighted by Gasteiger charge is 2.17. The normalized spacial score (nSPS) is 24.5. The predicted molar refractivity (Wildman–Crippen MR) is 60.9 cm³/mol. The Morgan fingerprint density at radius 1 is 1.62 bits per heavy atom. The van der Waals surface area contributed by atoms with Gasteiger partial charge in [-0.15, -0.1) is 0 Å². The van der Waals surface area contributed by atoms with Gasteiger partial charge in [0.25, 0.3) is 0 Å². The van der Waals surface area contributed by atoms with E-state index in [1.54, 1.807) is 0 Å². The average Bonchev–Trinajstić information content (AvgIpc) is 2.15. The molecule has 1 atom stereocenters. The van der Waals surface area contributed by atoms with Gasteiger partial charge in [-0.2, -0.15) is 0 Å². The van der Waals surface area contributed by atoms with Gasteiger partial charge in [0, 0.05) is 19.5 Å². The van der Waals surface area contributed by atoms with E-state index in [4.69, 9.17) is 18.0 Å². The maximum absolute atomic E-state index is 5.48. The van der Waals surface area contributed by atoms with Crippen LogP contribution in [-0.4, -0.2) is 29.5 Å². The van der Waals surface area contributed by atoms with E-state index in [0.717, 1.165) is 18.9 Å². The Morgan fingerprint density at radius 3 is 3.00 bits per heavy atom. The van der Waals surface area contributed by atoms with E-state index >= 15 is 0 Å². The van der Waals surface area contributed by atoms with Crippen molar-refractivity contribution in [3.8, 4) is 0 Å². The first-order valence-electron chi connectivity index (χ1n) is 5.23. The second-order valence-corrected chi connectivity index (χ2v) is 4.46. The van der Waals surface area contributed by atoms with Crippen molar-refractivity contribution in [1.29, 1.82) is 0 Å². The van der Waals surface area contributed by atoms with Crippen molar-refractivity contribution < 1.29 is 0 Å². The summed E-state index contributed by atoms with van der Waals surface area (Å²) >= 11 is 4.87. The largest absolute Gasteiger partial charge is 0.393 e. The molecule has 2 N–H and O–H groups in total. The van der Waals surface area contributed by atoms with Gasteiger partial charge in [0.05, 0.1) is 4.99 Å². The minimum Gasteiger partial charge on any atom is -0.393 e. The summed E-state index contributed by atoms with van der Waals surface area (Å²) in [4.78, 5) is 3.15. The molecule has 0 aromatic carbocycles. The lowest BCUT2D eigenvalue weighted by atomic mass is 9.95. The highest BCUT2D eigenvalue weighted by Crippen LogP contribution is 2.18. The topological polar surface area (TPSA) is 29.3 Å². The van der Waals surface area contributed by atoms with Gasteiger partial charge < -0.3 is 10.6 Å². The van der Waals surface area contributed by atoms with Gasteiger partial charge >= 0.3 is 0 Å². The summed E-state index contributed by atoms with van der Waals surface area (Å²) in [6.45, 7) is 5.83. The van der Waals surface area contributed by atoms with Crippen LogP contribution in [0.15, 0.2) is 0 Å². The molecule has 3 heteroatoms. The first kappa shape index (κ1) is 10.9. The zero-order valence-electron chi connectivity index (χ0n) is 8.46. The molecule has 1 aliphatic heterocycles. The van der Waals surface area contributed by atoms with Crippen LogP contribution in [0, 0.1) is 5.92 Å². The number of likely N-dealkylation sites (tertiary alicyclic amines) is 1. The number of hydrogen-bond acceptors (Lipinski definition) is 2. The van der Waals surface area contributed by atoms with Crippen molar-refractivity contribution in [2.45, 2.75) is 32.6 Å². The van der Waals surface area contributed by atoms with Crippen molar-refractivity contribution in [3.05, 3.63) is 0 Å². The third kappa shape index (κ3) is 4.05. The number of rotatable bonds is 4. The van der Waals surface area contributed by atoms with Crippen molar-refractivity contribution in [1.82, 2.24) is 4.90 Å². The van der Waals surface area contributed by atoms with Gasteiger partial charge in [-0.05, 0) is 25.3 Å². The molecule has 1 rings (SSSR count). The van der Waals surface area contributed by atoms with Gasteiger partial charge in [0.2, 0.25) is 0 Å². The number of nitrogens with zero attached hydrogens (tertiary/aromatic N) is 1. The van der Waals surface area contributed by atoms with Gasteiger partial charge in [-0.1, -0.05) is 25.6 Å². The van der Waals surface area contributed by atoms with Crippen LogP contribution < -0.4 is 5.73 Å². The second kappa shape index (κ2) is 5.55. The average molecular weight is 200 g/mol. The summed E-state index contributed by atoms with van der Waals surface area (Å²) in [5.74, 6) is 0.903. The van der Waals surface area contributed by atoms with Crippen LogP contribution in [0.25, 0.3) is 0 Å². The molecule has 0 aromatic heterocycles. The van der Waals surface area contributed by atoms with Crippen LogP contribution in [-0.2, 0) is 0 Å². The fourth-order valence-electron chi connectivity index (χ4n) is 1.96. The fourth-order valence-corrected chi connectivity index (χ4v) is 2.05. The maximum atomic E-state index is 5.48. The van der Waals surface area contributed by atoms with Gasteiger partial charge in [-0.3, -0.25) is 0 Å². The molecule has 0 aliphatic carbocycles. The Hall–Kier alpha value is -0.150. The highest BCUT2D eigenvalue weighted by atomic mass is 32.1. The Balaban J connectivity index is 2.21. The first-order valence-corrected chi connectivity index (χ1v) is 5.64. The van der Waals surface area contributed by atoms with E-state index in [9.17, 15) is 0 Å². The van der Waals surface area contributed by atoms with Crippen molar-refractivity contribution in [2.24, 2.45) is 11.7 Å². The predicted octanol–water partition coefficient (Wildman–Crippen LogP) is 1.78. The SMILES string of the molecule is CCC1CCCN(CCC(N)=S)C1. The highest BCUT2D eigenvalue weighted by molar-refractivity contribution is 7.80. The molecule has 0 aromatic rings. The molecule has 13 heavy (non-hydrogen) atoms. The minimum atomic E-state index is 0.652. The smallest absolute Gasteiger partial charge is 0.0740 e. The fraction of sp³-hybridized carbons (Fsp3) is 0.900. The van der Waals surface area contributed by atoms with Crippen molar-refractivity contribution in [3.63, 3.8) is 0 Å². The molecule has 1 saturated heterocycles. The van der Waals surface area contributed by atoms with Crippen LogP contribution >= 0.6 is 12.2 Å². The summed E-state index contributed by atoms with van der Waals surface area (Å²) < 4.78 is 0. The van der Waals surface area contributed by atoms with Gasteiger partial charge in [0.15, 0.2) is 0 Å². The van der Waals surface area contributed by atoms with E-state index in [2.05, 4.69) is 11.8 Å². The molecule has 0 saturated carbocycles. The number of piperidine rings is 1. The Kier molecular flexibility index (Phi) is 4.67. The lowest BCUT2D eigenvalue weighted by molar-refractivity contribution is 0.176. The molecule has 0 bridgehead atoms. The zero-order chi connectivity index (χ0) is 9.68. The molecule has 0 amide bonds. The summed E-state index contributed by atoms with van der Waals surface area (Å²) in [7, 11) is 0. The van der Waals surface area contributed by atoms with E-state index in [-0.39, 0.29) is 0 Å². The molecule has 1 fully saturated rings. The van der Waals surface area contributed by atoms with Gasteiger partial charge in [0.1, 0.15) is 0 Å². The van der Waals surface area contributed by atoms with Crippen molar-refractivity contribution in [2.75, 3.05) is 19.6 Å². The molecule has 1 unspecified atom stereocenters. The quantitative estimate of drug-likeness (QED) is 0.702. The number of hydrogen-bond donors (Lipinski definition) is 1. The van der Waals surface area contributed by atoms with Crippen LogP contribution in [0.1, 0.15) is 32.6 Å². The van der Waals surface area contributed by atoms with E-state index in [1.165, 1.54) is 32.4 Å². The third-order valence-corrected chi connectivity index (χ3v) is 3.06. The molecule has 0 radical (unpaired) electrons. The summed E-state index contributed by atoms with van der Waals surface area (Å²) in [5.41, 5.74) is 5.48. The van der Waals surface area contributed by atoms with E-state index < -0.39 is 0 Å².